The second kappa shape index (κ2) is 3.63. The number of halogens is 1. The number of anilines is 1. The van der Waals surface area contributed by atoms with Crippen molar-refractivity contribution in [1.82, 2.24) is 9.78 Å². The predicted molar refractivity (Wildman–Crippen MR) is 70.5 cm³/mol. The lowest BCUT2D eigenvalue weighted by molar-refractivity contribution is 0.614. The highest BCUT2D eigenvalue weighted by molar-refractivity contribution is 9.10. The Bertz CT molecular complexity index is 699. The number of hydrogen-bond acceptors (Lipinski definition) is 3. The number of aryl methyl sites for hydroxylation is 1. The minimum absolute atomic E-state index is 0.656. The summed E-state index contributed by atoms with van der Waals surface area (Å²) in [7, 11) is 1.82. The molecule has 0 aliphatic heterocycles. The molecule has 5 heteroatoms. The van der Waals surface area contributed by atoms with E-state index in [1.165, 1.54) is 0 Å². The van der Waals surface area contributed by atoms with Gasteiger partial charge in [0.15, 0.2) is 0 Å². The van der Waals surface area contributed by atoms with E-state index >= 15 is 0 Å². The fourth-order valence-electron chi connectivity index (χ4n) is 1.84. The van der Waals surface area contributed by atoms with Crippen LogP contribution >= 0.6 is 15.9 Å². The molecule has 0 bridgehead atoms. The largest absolute Gasteiger partial charge is 0.463 e. The molecule has 0 radical (unpaired) electrons. The van der Waals surface area contributed by atoms with Gasteiger partial charge in [0.25, 0.3) is 0 Å². The molecule has 0 aliphatic rings. The van der Waals surface area contributed by atoms with Crippen molar-refractivity contribution >= 4 is 32.7 Å². The van der Waals surface area contributed by atoms with Crippen LogP contribution in [0.5, 0.6) is 0 Å². The maximum atomic E-state index is 5.96. The molecular weight excluding hydrogens is 282 g/mol. The van der Waals surface area contributed by atoms with Crippen molar-refractivity contribution in [3.63, 3.8) is 0 Å². The molecule has 17 heavy (non-hydrogen) atoms. The second-order valence-electron chi connectivity index (χ2n) is 3.86. The summed E-state index contributed by atoms with van der Waals surface area (Å²) in [5.41, 5.74) is 8.77. The maximum absolute atomic E-state index is 5.96. The molecule has 2 heterocycles. The van der Waals surface area contributed by atoms with Crippen molar-refractivity contribution in [2.45, 2.75) is 0 Å². The SMILES string of the molecule is Cn1ncc(-c2ccc3occ(Br)c3c2)c1N. The highest BCUT2D eigenvalue weighted by Gasteiger charge is 2.10. The van der Waals surface area contributed by atoms with Gasteiger partial charge < -0.3 is 10.2 Å². The van der Waals surface area contributed by atoms with Crippen LogP contribution in [-0.2, 0) is 7.05 Å². The van der Waals surface area contributed by atoms with Crippen molar-refractivity contribution in [1.29, 1.82) is 0 Å². The molecule has 86 valence electrons. The first kappa shape index (κ1) is 10.4. The molecule has 4 nitrogen and oxygen atoms in total. The highest BCUT2D eigenvalue weighted by Crippen LogP contribution is 2.32. The highest BCUT2D eigenvalue weighted by atomic mass is 79.9. The van der Waals surface area contributed by atoms with Gasteiger partial charge in [-0.3, -0.25) is 4.68 Å². The van der Waals surface area contributed by atoms with Crippen LogP contribution in [0.4, 0.5) is 5.82 Å². The molecule has 0 saturated carbocycles. The third-order valence-corrected chi connectivity index (χ3v) is 3.44. The Morgan fingerprint density at radius 2 is 2.24 bits per heavy atom. The molecule has 0 fully saturated rings. The quantitative estimate of drug-likeness (QED) is 0.749. The molecule has 0 amide bonds. The number of nitrogens with zero attached hydrogens (tertiary/aromatic N) is 2. The van der Waals surface area contributed by atoms with Gasteiger partial charge in [-0.1, -0.05) is 6.07 Å². The van der Waals surface area contributed by atoms with Crippen LogP contribution in [0.3, 0.4) is 0 Å². The van der Waals surface area contributed by atoms with Crippen molar-refractivity contribution in [3.05, 3.63) is 35.1 Å². The number of fused-ring (bicyclic) bond motifs is 1. The first-order chi connectivity index (χ1) is 8.16. The van der Waals surface area contributed by atoms with Crippen LogP contribution in [0, 0.1) is 0 Å². The minimum atomic E-state index is 0.656. The Labute approximate surface area is 106 Å². The van der Waals surface area contributed by atoms with Gasteiger partial charge >= 0.3 is 0 Å². The zero-order chi connectivity index (χ0) is 12.0. The van der Waals surface area contributed by atoms with Gasteiger partial charge in [0, 0.05) is 18.0 Å². The van der Waals surface area contributed by atoms with Gasteiger partial charge in [-0.25, -0.2) is 0 Å². The first-order valence-corrected chi connectivity index (χ1v) is 5.90. The van der Waals surface area contributed by atoms with E-state index < -0.39 is 0 Å². The number of aromatic nitrogens is 2. The molecule has 1 aromatic carbocycles. The summed E-state index contributed by atoms with van der Waals surface area (Å²) >= 11 is 3.45. The summed E-state index contributed by atoms with van der Waals surface area (Å²) in [6.07, 6.45) is 3.45. The molecule has 0 unspecified atom stereocenters. The fraction of sp³-hybridized carbons (Fsp3) is 0.0833. The Kier molecular flexibility index (Phi) is 2.22. The van der Waals surface area contributed by atoms with Gasteiger partial charge in [0.05, 0.1) is 10.7 Å². The third-order valence-electron chi connectivity index (χ3n) is 2.82. The lowest BCUT2D eigenvalue weighted by Crippen LogP contribution is -1.97. The number of rotatable bonds is 1. The number of furan rings is 1. The maximum Gasteiger partial charge on any atom is 0.135 e. The van der Waals surface area contributed by atoms with E-state index in [0.717, 1.165) is 26.6 Å². The number of hydrogen-bond donors (Lipinski definition) is 1. The third kappa shape index (κ3) is 1.54. The van der Waals surface area contributed by atoms with E-state index in [-0.39, 0.29) is 0 Å². The summed E-state index contributed by atoms with van der Waals surface area (Å²) in [6, 6.07) is 5.95. The molecule has 2 aromatic heterocycles. The number of nitrogens with two attached hydrogens (primary N) is 1. The van der Waals surface area contributed by atoms with E-state index in [0.29, 0.717) is 5.82 Å². The average molecular weight is 292 g/mol. The normalized spacial score (nSPS) is 11.2. The van der Waals surface area contributed by atoms with Crippen LogP contribution in [0.25, 0.3) is 22.1 Å². The van der Waals surface area contributed by atoms with Crippen LogP contribution < -0.4 is 5.73 Å². The lowest BCUT2D eigenvalue weighted by Gasteiger charge is -2.01. The van der Waals surface area contributed by atoms with Gasteiger partial charge in [-0.05, 0) is 33.6 Å². The monoisotopic (exact) mass is 291 g/mol. The summed E-state index contributed by atoms with van der Waals surface area (Å²) in [5, 5.41) is 5.17. The molecule has 2 N–H and O–H groups in total. The Balaban J connectivity index is 2.24. The van der Waals surface area contributed by atoms with Crippen LogP contribution in [-0.4, -0.2) is 9.78 Å². The summed E-state index contributed by atoms with van der Waals surface area (Å²) in [5.74, 6) is 0.656. The Morgan fingerprint density at radius 3 is 2.94 bits per heavy atom. The molecule has 0 saturated heterocycles. The summed E-state index contributed by atoms with van der Waals surface area (Å²) < 4.78 is 7.97. The van der Waals surface area contributed by atoms with Crippen molar-refractivity contribution in [3.8, 4) is 11.1 Å². The molecule has 0 aliphatic carbocycles. The van der Waals surface area contributed by atoms with Gasteiger partial charge in [0.2, 0.25) is 0 Å². The van der Waals surface area contributed by atoms with E-state index in [9.17, 15) is 0 Å². The fourth-order valence-corrected chi connectivity index (χ4v) is 2.24. The number of benzene rings is 1. The van der Waals surface area contributed by atoms with Gasteiger partial charge in [-0.15, -0.1) is 0 Å². The van der Waals surface area contributed by atoms with Crippen LogP contribution in [0.1, 0.15) is 0 Å². The molecule has 3 aromatic rings. The zero-order valence-corrected chi connectivity index (χ0v) is 10.7. The van der Waals surface area contributed by atoms with E-state index in [1.807, 2.05) is 25.2 Å². The van der Waals surface area contributed by atoms with Crippen molar-refractivity contribution < 1.29 is 4.42 Å². The molecule has 0 atom stereocenters. The van der Waals surface area contributed by atoms with Crippen molar-refractivity contribution in [2.24, 2.45) is 7.05 Å². The first-order valence-electron chi connectivity index (χ1n) is 5.11. The Hall–Kier alpha value is -1.75. The van der Waals surface area contributed by atoms with Crippen molar-refractivity contribution in [2.75, 3.05) is 5.73 Å². The van der Waals surface area contributed by atoms with E-state index in [2.05, 4.69) is 21.0 Å². The van der Waals surface area contributed by atoms with E-state index in [1.54, 1.807) is 17.1 Å². The molecule has 0 spiro atoms. The minimum Gasteiger partial charge on any atom is -0.463 e. The predicted octanol–water partition coefficient (Wildman–Crippen LogP) is 3.18. The average Bonchev–Trinajstić information content (AvgIpc) is 2.85. The summed E-state index contributed by atoms with van der Waals surface area (Å²) in [4.78, 5) is 0. The van der Waals surface area contributed by atoms with E-state index in [4.69, 9.17) is 10.2 Å². The molecule has 3 rings (SSSR count). The molecular formula is C12H10BrN3O. The van der Waals surface area contributed by atoms with Gasteiger partial charge in [-0.2, -0.15) is 5.10 Å². The standard InChI is InChI=1S/C12H10BrN3O/c1-16-12(14)9(5-15-16)7-2-3-11-8(4-7)10(13)6-17-11/h2-6H,14H2,1H3. The lowest BCUT2D eigenvalue weighted by atomic mass is 10.1. The Morgan fingerprint density at radius 1 is 1.41 bits per heavy atom. The number of nitrogen functional groups attached to an aromatic ring is 1. The van der Waals surface area contributed by atoms with Crippen LogP contribution in [0.2, 0.25) is 0 Å². The summed E-state index contributed by atoms with van der Waals surface area (Å²) in [6.45, 7) is 0. The second-order valence-corrected chi connectivity index (χ2v) is 4.72. The van der Waals surface area contributed by atoms with Crippen LogP contribution in [0.15, 0.2) is 39.5 Å². The topological polar surface area (TPSA) is 57.0 Å². The zero-order valence-electron chi connectivity index (χ0n) is 9.14. The van der Waals surface area contributed by atoms with Gasteiger partial charge in [0.1, 0.15) is 17.7 Å². The smallest absolute Gasteiger partial charge is 0.135 e.